The van der Waals surface area contributed by atoms with Crippen LogP contribution in [-0.2, 0) is 10.4 Å². The quantitative estimate of drug-likeness (QED) is 0.635. The third kappa shape index (κ3) is 3.41. The first-order valence-corrected chi connectivity index (χ1v) is 7.60. The number of carbonyl (C=O) groups is 1. The molecule has 3 rings (SSSR count). The summed E-state index contributed by atoms with van der Waals surface area (Å²) >= 11 is 0. The molecule has 1 aromatic carbocycles. The van der Waals surface area contributed by atoms with Gasteiger partial charge in [0, 0.05) is 29.0 Å². The molecule has 3 aromatic rings. The van der Waals surface area contributed by atoms with Crippen molar-refractivity contribution >= 4 is 23.1 Å². The maximum atomic E-state index is 14.0. The number of nitrogens with zero attached hydrogens (tertiary/aromatic N) is 2. The van der Waals surface area contributed by atoms with Gasteiger partial charge in [0.05, 0.1) is 17.5 Å². The molecule has 0 saturated heterocycles. The van der Waals surface area contributed by atoms with Gasteiger partial charge in [0.25, 0.3) is 0 Å². The molecular formula is C18H17FN4O2. The smallest absolute Gasteiger partial charge is 0.241 e. The van der Waals surface area contributed by atoms with Crippen molar-refractivity contribution in [2.45, 2.75) is 19.4 Å². The van der Waals surface area contributed by atoms with Gasteiger partial charge < -0.3 is 15.8 Å². The number of nitrogens with one attached hydrogen (secondary N) is 1. The van der Waals surface area contributed by atoms with Crippen LogP contribution in [0, 0.1) is 5.82 Å². The molecule has 128 valence electrons. The summed E-state index contributed by atoms with van der Waals surface area (Å²) in [5, 5.41) is 10.1. The van der Waals surface area contributed by atoms with Gasteiger partial charge >= 0.3 is 0 Å². The Kier molecular flexibility index (Phi) is 4.10. The Bertz CT molecular complexity index is 986. The lowest BCUT2D eigenvalue weighted by atomic mass is 9.95. The average molecular weight is 340 g/mol. The van der Waals surface area contributed by atoms with E-state index in [0.717, 1.165) is 0 Å². The Morgan fingerprint density at radius 3 is 2.84 bits per heavy atom. The highest BCUT2D eigenvalue weighted by atomic mass is 19.1. The van der Waals surface area contributed by atoms with Gasteiger partial charge in [0.2, 0.25) is 5.91 Å². The van der Waals surface area contributed by atoms with Crippen molar-refractivity contribution < 1.29 is 14.3 Å². The van der Waals surface area contributed by atoms with Crippen LogP contribution in [0.1, 0.15) is 25.0 Å². The molecule has 2 aromatic heterocycles. The highest BCUT2D eigenvalue weighted by Gasteiger charge is 2.21. The number of benzene rings is 1. The molecule has 1 amide bonds. The summed E-state index contributed by atoms with van der Waals surface area (Å²) in [6.07, 6.45) is 6.01. The van der Waals surface area contributed by atoms with Gasteiger partial charge in [-0.25, -0.2) is 14.4 Å². The lowest BCUT2D eigenvalue weighted by Gasteiger charge is -2.19. The number of primary amides is 1. The number of aliphatic hydroxyl groups is 1. The van der Waals surface area contributed by atoms with Crippen LogP contribution >= 0.6 is 0 Å². The van der Waals surface area contributed by atoms with E-state index >= 15 is 0 Å². The van der Waals surface area contributed by atoms with Gasteiger partial charge in [0.15, 0.2) is 5.65 Å². The fraction of sp³-hybridized carbons (Fsp3) is 0.167. The summed E-state index contributed by atoms with van der Waals surface area (Å²) < 4.78 is 14.0. The third-order valence-electron chi connectivity index (χ3n) is 3.76. The molecule has 0 saturated carbocycles. The first-order valence-electron chi connectivity index (χ1n) is 7.60. The average Bonchev–Trinajstić information content (AvgIpc) is 2.94. The minimum Gasteiger partial charge on any atom is -0.386 e. The van der Waals surface area contributed by atoms with Gasteiger partial charge in [-0.3, -0.25) is 4.79 Å². The topological polar surface area (TPSA) is 105 Å². The van der Waals surface area contributed by atoms with Gasteiger partial charge in [-0.1, -0.05) is 0 Å². The number of nitrogens with two attached hydrogens (primary N) is 1. The number of hydrogen-bond acceptors (Lipinski definition) is 4. The van der Waals surface area contributed by atoms with E-state index in [0.29, 0.717) is 28.0 Å². The highest BCUT2D eigenvalue weighted by Crippen LogP contribution is 2.28. The Morgan fingerprint density at radius 1 is 1.40 bits per heavy atom. The van der Waals surface area contributed by atoms with E-state index in [2.05, 4.69) is 15.0 Å². The van der Waals surface area contributed by atoms with Crippen LogP contribution < -0.4 is 5.73 Å². The number of carbonyl (C=O) groups excluding carboxylic acids is 1. The Labute approximate surface area is 143 Å². The van der Waals surface area contributed by atoms with E-state index in [1.165, 1.54) is 26.0 Å². The van der Waals surface area contributed by atoms with Crippen molar-refractivity contribution in [2.24, 2.45) is 5.73 Å². The lowest BCUT2D eigenvalue weighted by molar-refractivity contribution is -0.113. The molecule has 0 unspecified atom stereocenters. The molecule has 0 fully saturated rings. The maximum absolute atomic E-state index is 14.0. The zero-order chi connectivity index (χ0) is 18.2. The molecule has 0 aliphatic rings. The molecule has 0 radical (unpaired) electrons. The summed E-state index contributed by atoms with van der Waals surface area (Å²) in [6.45, 7) is 3.03. The number of H-pyrrole nitrogens is 1. The monoisotopic (exact) mass is 340 g/mol. The number of amides is 1. The van der Waals surface area contributed by atoms with Gasteiger partial charge in [-0.05, 0) is 38.1 Å². The summed E-state index contributed by atoms with van der Waals surface area (Å²) in [5.74, 6) is -1.05. The number of fused-ring (bicyclic) bond motifs is 1. The minimum atomic E-state index is -1.32. The van der Waals surface area contributed by atoms with Crippen LogP contribution in [0.4, 0.5) is 4.39 Å². The molecule has 0 atom stereocenters. The zero-order valence-electron chi connectivity index (χ0n) is 13.7. The molecule has 0 aliphatic carbocycles. The van der Waals surface area contributed by atoms with E-state index in [1.807, 2.05) is 0 Å². The second-order valence-electron chi connectivity index (χ2n) is 6.19. The van der Waals surface area contributed by atoms with Gasteiger partial charge in [0.1, 0.15) is 11.3 Å². The Morgan fingerprint density at radius 2 is 2.16 bits per heavy atom. The second-order valence-corrected chi connectivity index (χ2v) is 6.19. The van der Waals surface area contributed by atoms with E-state index in [9.17, 15) is 14.3 Å². The second kappa shape index (κ2) is 6.10. The minimum absolute atomic E-state index is 0.176. The van der Waals surface area contributed by atoms with Crippen LogP contribution in [-0.4, -0.2) is 26.0 Å². The largest absolute Gasteiger partial charge is 0.386 e. The molecule has 0 bridgehead atoms. The summed E-state index contributed by atoms with van der Waals surface area (Å²) in [5.41, 5.74) is 6.89. The molecule has 0 spiro atoms. The fourth-order valence-electron chi connectivity index (χ4n) is 2.50. The predicted molar refractivity (Wildman–Crippen MR) is 92.8 cm³/mol. The van der Waals surface area contributed by atoms with E-state index in [-0.39, 0.29) is 5.56 Å². The van der Waals surface area contributed by atoms with Gasteiger partial charge in [-0.15, -0.1) is 0 Å². The van der Waals surface area contributed by atoms with Crippen LogP contribution in [0.3, 0.4) is 0 Å². The van der Waals surface area contributed by atoms with E-state index in [4.69, 9.17) is 5.73 Å². The number of rotatable bonds is 4. The van der Waals surface area contributed by atoms with Crippen molar-refractivity contribution in [3.05, 3.63) is 53.6 Å². The van der Waals surface area contributed by atoms with Crippen LogP contribution in [0.25, 0.3) is 28.5 Å². The van der Waals surface area contributed by atoms with Crippen molar-refractivity contribution in [1.82, 2.24) is 15.0 Å². The van der Waals surface area contributed by atoms with Crippen molar-refractivity contribution in [2.75, 3.05) is 0 Å². The third-order valence-corrected chi connectivity index (χ3v) is 3.76. The summed E-state index contributed by atoms with van der Waals surface area (Å²) in [7, 11) is 0. The SMILES string of the molecule is CC(C)(O)c1cc(-c2cnc3[nH]cc(/C=C/C(N)=O)c3n2)ccc1F. The molecule has 25 heavy (non-hydrogen) atoms. The molecule has 4 N–H and O–H groups in total. The summed E-state index contributed by atoms with van der Waals surface area (Å²) in [6, 6.07) is 4.42. The predicted octanol–water partition coefficient (Wildman–Crippen LogP) is 2.49. The zero-order valence-corrected chi connectivity index (χ0v) is 13.7. The lowest BCUT2D eigenvalue weighted by Crippen LogP contribution is -2.17. The standard InChI is InChI=1S/C18H17FN4O2/c1-18(2,25)12-7-10(3-5-13(12)19)14-9-22-17-16(23-14)11(8-21-17)4-6-15(20)24/h3-9,25H,1-2H3,(H2,20,24)(H,21,22)/b6-4+. The molecule has 0 aliphatic heterocycles. The van der Waals surface area contributed by atoms with Crippen LogP contribution in [0.2, 0.25) is 0 Å². The molecule has 7 heteroatoms. The first kappa shape index (κ1) is 16.8. The Hall–Kier alpha value is -3.06. The first-order chi connectivity index (χ1) is 11.8. The molecule has 2 heterocycles. The highest BCUT2D eigenvalue weighted by molar-refractivity contribution is 5.93. The fourth-order valence-corrected chi connectivity index (χ4v) is 2.50. The van der Waals surface area contributed by atoms with E-state index in [1.54, 1.807) is 30.6 Å². The number of aromatic nitrogens is 3. The number of aromatic amines is 1. The van der Waals surface area contributed by atoms with Gasteiger partial charge in [-0.2, -0.15) is 0 Å². The van der Waals surface area contributed by atoms with E-state index < -0.39 is 17.3 Å². The number of halogens is 1. The van der Waals surface area contributed by atoms with Crippen LogP contribution in [0.15, 0.2) is 36.7 Å². The number of hydrogen-bond donors (Lipinski definition) is 3. The van der Waals surface area contributed by atoms with Crippen molar-refractivity contribution in [1.29, 1.82) is 0 Å². The normalized spacial score (nSPS) is 12.2. The van der Waals surface area contributed by atoms with Crippen LogP contribution in [0.5, 0.6) is 0 Å². The Balaban J connectivity index is 2.11. The van der Waals surface area contributed by atoms with Crippen molar-refractivity contribution in [3.8, 4) is 11.3 Å². The molecular weight excluding hydrogens is 323 g/mol. The molecule has 6 nitrogen and oxygen atoms in total. The van der Waals surface area contributed by atoms with Crippen molar-refractivity contribution in [3.63, 3.8) is 0 Å². The maximum Gasteiger partial charge on any atom is 0.241 e. The summed E-state index contributed by atoms with van der Waals surface area (Å²) in [4.78, 5) is 22.7.